The second-order valence-electron chi connectivity index (χ2n) is 6.51. The van der Waals surface area contributed by atoms with E-state index in [1.165, 1.54) is 71.0 Å². The summed E-state index contributed by atoms with van der Waals surface area (Å²) in [7, 11) is 2.07. The SMILES string of the molecule is CNCCC1CCN(C(C)C2CCCCC2)CC1. The van der Waals surface area contributed by atoms with Crippen molar-refractivity contribution in [1.29, 1.82) is 0 Å². The van der Waals surface area contributed by atoms with Crippen molar-refractivity contribution >= 4 is 0 Å². The van der Waals surface area contributed by atoms with Gasteiger partial charge in [-0.05, 0) is 77.5 Å². The van der Waals surface area contributed by atoms with E-state index in [9.17, 15) is 0 Å². The summed E-state index contributed by atoms with van der Waals surface area (Å²) in [4.78, 5) is 2.78. The van der Waals surface area contributed by atoms with Crippen LogP contribution in [0.1, 0.15) is 58.3 Å². The molecule has 2 aliphatic rings. The number of nitrogens with zero attached hydrogens (tertiary/aromatic N) is 1. The van der Waals surface area contributed by atoms with Crippen LogP contribution in [0.25, 0.3) is 0 Å². The minimum Gasteiger partial charge on any atom is -0.320 e. The summed E-state index contributed by atoms with van der Waals surface area (Å²) < 4.78 is 0. The van der Waals surface area contributed by atoms with Gasteiger partial charge in [-0.15, -0.1) is 0 Å². The lowest BCUT2D eigenvalue weighted by Crippen LogP contribution is -2.44. The summed E-state index contributed by atoms with van der Waals surface area (Å²) in [5.41, 5.74) is 0. The highest BCUT2D eigenvalue weighted by atomic mass is 15.2. The topological polar surface area (TPSA) is 15.3 Å². The van der Waals surface area contributed by atoms with E-state index in [-0.39, 0.29) is 0 Å². The minimum atomic E-state index is 0.843. The molecule has 0 aromatic carbocycles. The molecule has 2 rings (SSSR count). The molecule has 1 unspecified atom stereocenters. The minimum absolute atomic E-state index is 0.843. The molecule has 2 heteroatoms. The zero-order chi connectivity index (χ0) is 12.8. The largest absolute Gasteiger partial charge is 0.320 e. The summed E-state index contributed by atoms with van der Waals surface area (Å²) in [6, 6.07) is 0.843. The maximum absolute atomic E-state index is 3.29. The second-order valence-corrected chi connectivity index (χ2v) is 6.51. The van der Waals surface area contributed by atoms with Crippen LogP contribution in [-0.2, 0) is 0 Å². The van der Waals surface area contributed by atoms with E-state index in [1.54, 1.807) is 0 Å². The number of rotatable bonds is 5. The van der Waals surface area contributed by atoms with Gasteiger partial charge in [0.05, 0.1) is 0 Å². The molecule has 106 valence electrons. The van der Waals surface area contributed by atoms with E-state index in [0.717, 1.165) is 17.9 Å². The van der Waals surface area contributed by atoms with Crippen LogP contribution in [0.2, 0.25) is 0 Å². The van der Waals surface area contributed by atoms with Gasteiger partial charge >= 0.3 is 0 Å². The Morgan fingerprint density at radius 1 is 1.06 bits per heavy atom. The Balaban J connectivity index is 1.71. The quantitative estimate of drug-likeness (QED) is 0.808. The highest BCUT2D eigenvalue weighted by molar-refractivity contribution is 4.82. The third-order valence-corrected chi connectivity index (χ3v) is 5.36. The van der Waals surface area contributed by atoms with E-state index >= 15 is 0 Å². The zero-order valence-electron chi connectivity index (χ0n) is 12.5. The average molecular weight is 252 g/mol. The first-order chi connectivity index (χ1) is 8.81. The van der Waals surface area contributed by atoms with Crippen LogP contribution in [0.5, 0.6) is 0 Å². The molecule has 0 radical (unpaired) electrons. The molecular weight excluding hydrogens is 220 g/mol. The lowest BCUT2D eigenvalue weighted by Gasteiger charge is -2.40. The van der Waals surface area contributed by atoms with Crippen LogP contribution in [-0.4, -0.2) is 37.6 Å². The van der Waals surface area contributed by atoms with E-state index in [4.69, 9.17) is 0 Å². The van der Waals surface area contributed by atoms with Gasteiger partial charge in [0.1, 0.15) is 0 Å². The van der Waals surface area contributed by atoms with Crippen molar-refractivity contribution in [3.05, 3.63) is 0 Å². The van der Waals surface area contributed by atoms with Crippen molar-refractivity contribution in [2.45, 2.75) is 64.3 Å². The molecule has 0 bridgehead atoms. The maximum Gasteiger partial charge on any atom is 0.00951 e. The van der Waals surface area contributed by atoms with Crippen molar-refractivity contribution in [3.8, 4) is 0 Å². The predicted molar refractivity (Wildman–Crippen MR) is 78.9 cm³/mol. The maximum atomic E-state index is 3.29. The smallest absolute Gasteiger partial charge is 0.00951 e. The molecule has 1 N–H and O–H groups in total. The highest BCUT2D eigenvalue weighted by Crippen LogP contribution is 2.31. The van der Waals surface area contributed by atoms with Crippen LogP contribution in [0.15, 0.2) is 0 Å². The predicted octanol–water partition coefficient (Wildman–Crippen LogP) is 3.28. The molecule has 1 saturated carbocycles. The molecular formula is C16H32N2. The molecule has 18 heavy (non-hydrogen) atoms. The first-order valence-electron chi connectivity index (χ1n) is 8.20. The summed E-state index contributed by atoms with van der Waals surface area (Å²) in [5.74, 6) is 1.97. The Kier molecular flexibility index (Phi) is 5.97. The number of piperidine rings is 1. The lowest BCUT2D eigenvalue weighted by molar-refractivity contribution is 0.0877. The molecule has 2 fully saturated rings. The van der Waals surface area contributed by atoms with Crippen molar-refractivity contribution in [2.75, 3.05) is 26.7 Å². The van der Waals surface area contributed by atoms with Gasteiger partial charge in [0.15, 0.2) is 0 Å². The number of hydrogen-bond acceptors (Lipinski definition) is 2. The summed E-state index contributed by atoms with van der Waals surface area (Å²) in [6.07, 6.45) is 11.7. The van der Waals surface area contributed by atoms with Crippen LogP contribution in [0, 0.1) is 11.8 Å². The molecule has 2 nitrogen and oxygen atoms in total. The Morgan fingerprint density at radius 2 is 1.72 bits per heavy atom. The van der Waals surface area contributed by atoms with Crippen LogP contribution >= 0.6 is 0 Å². The molecule has 1 aliphatic carbocycles. The van der Waals surface area contributed by atoms with Gasteiger partial charge in [-0.2, -0.15) is 0 Å². The fraction of sp³-hybridized carbons (Fsp3) is 1.00. The van der Waals surface area contributed by atoms with Gasteiger partial charge in [0, 0.05) is 6.04 Å². The van der Waals surface area contributed by atoms with Crippen molar-refractivity contribution in [2.24, 2.45) is 11.8 Å². The highest BCUT2D eigenvalue weighted by Gasteiger charge is 2.28. The van der Waals surface area contributed by atoms with Crippen molar-refractivity contribution < 1.29 is 0 Å². The van der Waals surface area contributed by atoms with Gasteiger partial charge in [-0.3, -0.25) is 0 Å². The number of nitrogens with one attached hydrogen (secondary N) is 1. The van der Waals surface area contributed by atoms with Crippen molar-refractivity contribution in [3.63, 3.8) is 0 Å². The van der Waals surface area contributed by atoms with Crippen molar-refractivity contribution in [1.82, 2.24) is 10.2 Å². The first-order valence-corrected chi connectivity index (χ1v) is 8.20. The van der Waals surface area contributed by atoms with Crippen LogP contribution in [0.4, 0.5) is 0 Å². The molecule has 1 saturated heterocycles. The van der Waals surface area contributed by atoms with E-state index in [0.29, 0.717) is 0 Å². The zero-order valence-corrected chi connectivity index (χ0v) is 12.5. The lowest BCUT2D eigenvalue weighted by atomic mass is 9.82. The number of hydrogen-bond donors (Lipinski definition) is 1. The normalized spacial score (nSPS) is 26.3. The third-order valence-electron chi connectivity index (χ3n) is 5.36. The summed E-state index contributed by atoms with van der Waals surface area (Å²) >= 11 is 0. The molecule has 0 amide bonds. The average Bonchev–Trinajstić information content (AvgIpc) is 2.46. The van der Waals surface area contributed by atoms with Gasteiger partial charge in [0.2, 0.25) is 0 Å². The van der Waals surface area contributed by atoms with E-state index < -0.39 is 0 Å². The second kappa shape index (κ2) is 7.49. The van der Waals surface area contributed by atoms with Gasteiger partial charge in [-0.1, -0.05) is 19.3 Å². The van der Waals surface area contributed by atoms with E-state index in [2.05, 4.69) is 24.2 Å². The fourth-order valence-electron chi connectivity index (χ4n) is 3.91. The molecule has 0 aromatic rings. The van der Waals surface area contributed by atoms with Gasteiger partial charge in [0.25, 0.3) is 0 Å². The Bertz CT molecular complexity index is 215. The molecule has 1 heterocycles. The molecule has 1 aliphatic heterocycles. The summed E-state index contributed by atoms with van der Waals surface area (Å²) in [5, 5.41) is 3.29. The Morgan fingerprint density at radius 3 is 2.33 bits per heavy atom. The van der Waals surface area contributed by atoms with Gasteiger partial charge < -0.3 is 10.2 Å². The standard InChI is InChI=1S/C16H32N2/c1-14(16-6-4-3-5-7-16)18-12-9-15(10-13-18)8-11-17-2/h14-17H,3-13H2,1-2H3. The Labute approximate surface area is 114 Å². The monoisotopic (exact) mass is 252 g/mol. The van der Waals surface area contributed by atoms with Crippen LogP contribution in [0.3, 0.4) is 0 Å². The third kappa shape index (κ3) is 3.96. The van der Waals surface area contributed by atoms with Crippen LogP contribution < -0.4 is 5.32 Å². The number of likely N-dealkylation sites (tertiary alicyclic amines) is 1. The van der Waals surface area contributed by atoms with E-state index in [1.807, 2.05) is 0 Å². The summed E-state index contributed by atoms with van der Waals surface area (Å²) in [6.45, 7) is 6.39. The van der Waals surface area contributed by atoms with Gasteiger partial charge in [-0.25, -0.2) is 0 Å². The first kappa shape index (κ1) is 14.3. The Hall–Kier alpha value is -0.0800. The molecule has 0 spiro atoms. The molecule has 0 aromatic heterocycles. The molecule has 1 atom stereocenters. The fourth-order valence-corrected chi connectivity index (χ4v) is 3.91.